The first-order valence-corrected chi connectivity index (χ1v) is 5.29. The third-order valence-electron chi connectivity index (χ3n) is 2.40. The number of hydrogen-bond donors (Lipinski definition) is 3. The Labute approximate surface area is 98.9 Å². The highest BCUT2D eigenvalue weighted by molar-refractivity contribution is 6.31. The van der Waals surface area contributed by atoms with Crippen LogP contribution in [-0.2, 0) is 0 Å². The zero-order chi connectivity index (χ0) is 12.2. The summed E-state index contributed by atoms with van der Waals surface area (Å²) in [4.78, 5) is 0. The standard InChI is InChI=1S/C11H15ClFNO2/c1-11(6-15,7-16)5-14-8-2-3-10(13)9(12)4-8/h2-4,14-16H,5-7H2,1H3. The van der Waals surface area contributed by atoms with E-state index in [1.54, 1.807) is 13.0 Å². The fourth-order valence-corrected chi connectivity index (χ4v) is 1.26. The van der Waals surface area contributed by atoms with Crippen LogP contribution in [0.4, 0.5) is 10.1 Å². The van der Waals surface area contributed by atoms with Crippen molar-refractivity contribution in [2.45, 2.75) is 6.92 Å². The Kier molecular flexibility index (Phi) is 4.53. The van der Waals surface area contributed by atoms with Crippen LogP contribution < -0.4 is 5.32 Å². The lowest BCUT2D eigenvalue weighted by molar-refractivity contribution is 0.0806. The number of aliphatic hydroxyl groups excluding tert-OH is 2. The van der Waals surface area contributed by atoms with Gasteiger partial charge in [0.2, 0.25) is 0 Å². The normalized spacial score (nSPS) is 11.6. The molecule has 0 radical (unpaired) electrons. The maximum Gasteiger partial charge on any atom is 0.141 e. The zero-order valence-electron chi connectivity index (χ0n) is 9.00. The van der Waals surface area contributed by atoms with Crippen LogP contribution in [0.5, 0.6) is 0 Å². The molecule has 1 rings (SSSR count). The predicted octanol–water partition coefficient (Wildman–Crippen LogP) is 1.88. The van der Waals surface area contributed by atoms with Gasteiger partial charge in [-0.25, -0.2) is 4.39 Å². The molecule has 0 heterocycles. The van der Waals surface area contributed by atoms with Crippen LogP contribution in [0.2, 0.25) is 5.02 Å². The van der Waals surface area contributed by atoms with Gasteiger partial charge in [-0.05, 0) is 18.2 Å². The Balaban J connectivity index is 2.64. The summed E-state index contributed by atoms with van der Waals surface area (Å²) in [5, 5.41) is 21.2. The molecule has 16 heavy (non-hydrogen) atoms. The molecule has 0 aromatic heterocycles. The van der Waals surface area contributed by atoms with Crippen LogP contribution in [-0.4, -0.2) is 30.0 Å². The first-order chi connectivity index (χ1) is 7.50. The van der Waals surface area contributed by atoms with Gasteiger partial charge in [-0.3, -0.25) is 0 Å². The summed E-state index contributed by atoms with van der Waals surface area (Å²) in [6.45, 7) is 1.85. The molecular weight excluding hydrogens is 233 g/mol. The molecule has 0 unspecified atom stereocenters. The minimum absolute atomic E-state index is 0.0414. The highest BCUT2D eigenvalue weighted by Gasteiger charge is 2.21. The molecule has 0 aliphatic rings. The van der Waals surface area contributed by atoms with Gasteiger partial charge < -0.3 is 15.5 Å². The highest BCUT2D eigenvalue weighted by Crippen LogP contribution is 2.21. The molecule has 0 amide bonds. The van der Waals surface area contributed by atoms with Gasteiger partial charge >= 0.3 is 0 Å². The lowest BCUT2D eigenvalue weighted by Crippen LogP contribution is -2.34. The van der Waals surface area contributed by atoms with Gasteiger partial charge in [-0.15, -0.1) is 0 Å². The molecular formula is C11H15ClFNO2. The summed E-state index contributed by atoms with van der Waals surface area (Å²) in [5.74, 6) is -0.473. The quantitative estimate of drug-likeness (QED) is 0.745. The van der Waals surface area contributed by atoms with Crippen LogP contribution in [0.15, 0.2) is 18.2 Å². The number of aliphatic hydroxyl groups is 2. The smallest absolute Gasteiger partial charge is 0.141 e. The second-order valence-electron chi connectivity index (χ2n) is 4.11. The molecule has 0 bridgehead atoms. The van der Waals surface area contributed by atoms with Gasteiger partial charge in [0.1, 0.15) is 5.82 Å². The van der Waals surface area contributed by atoms with E-state index in [4.69, 9.17) is 21.8 Å². The molecule has 0 fully saturated rings. The van der Waals surface area contributed by atoms with Crippen molar-refractivity contribution in [2.24, 2.45) is 5.41 Å². The Morgan fingerprint density at radius 3 is 2.50 bits per heavy atom. The van der Waals surface area contributed by atoms with Gasteiger partial charge in [0.05, 0.1) is 18.2 Å². The van der Waals surface area contributed by atoms with Crippen molar-refractivity contribution in [3.8, 4) is 0 Å². The molecule has 1 aromatic carbocycles. The summed E-state index contributed by atoms with van der Waals surface area (Å²) in [5.41, 5.74) is 0.0421. The van der Waals surface area contributed by atoms with Gasteiger partial charge in [-0.2, -0.15) is 0 Å². The third-order valence-corrected chi connectivity index (χ3v) is 2.69. The Morgan fingerprint density at radius 1 is 1.38 bits per heavy atom. The number of nitrogens with one attached hydrogen (secondary N) is 1. The van der Waals surface area contributed by atoms with E-state index in [-0.39, 0.29) is 18.2 Å². The molecule has 0 saturated heterocycles. The van der Waals surface area contributed by atoms with Crippen molar-refractivity contribution in [1.29, 1.82) is 0 Å². The molecule has 0 spiro atoms. The topological polar surface area (TPSA) is 52.5 Å². The van der Waals surface area contributed by atoms with Crippen molar-refractivity contribution >= 4 is 17.3 Å². The van der Waals surface area contributed by atoms with E-state index in [0.717, 1.165) is 0 Å². The Bertz CT molecular complexity index is 356. The highest BCUT2D eigenvalue weighted by atomic mass is 35.5. The van der Waals surface area contributed by atoms with Crippen molar-refractivity contribution < 1.29 is 14.6 Å². The van der Waals surface area contributed by atoms with E-state index < -0.39 is 11.2 Å². The summed E-state index contributed by atoms with van der Waals surface area (Å²) < 4.78 is 12.9. The van der Waals surface area contributed by atoms with Crippen molar-refractivity contribution in [3.05, 3.63) is 29.0 Å². The molecule has 0 aliphatic carbocycles. The molecule has 5 heteroatoms. The number of halogens is 2. The van der Waals surface area contributed by atoms with Gasteiger partial charge in [0.25, 0.3) is 0 Å². The molecule has 0 aliphatic heterocycles. The zero-order valence-corrected chi connectivity index (χ0v) is 9.76. The lowest BCUT2D eigenvalue weighted by Gasteiger charge is -2.25. The second kappa shape index (κ2) is 5.48. The Hall–Kier alpha value is -0.840. The molecule has 3 nitrogen and oxygen atoms in total. The fourth-order valence-electron chi connectivity index (χ4n) is 1.08. The van der Waals surface area contributed by atoms with E-state index in [0.29, 0.717) is 12.2 Å². The monoisotopic (exact) mass is 247 g/mol. The van der Waals surface area contributed by atoms with Crippen LogP contribution in [0.3, 0.4) is 0 Å². The van der Waals surface area contributed by atoms with Gasteiger partial charge in [0, 0.05) is 17.6 Å². The average molecular weight is 248 g/mol. The number of hydrogen-bond acceptors (Lipinski definition) is 3. The maximum atomic E-state index is 12.9. The molecule has 90 valence electrons. The SMILES string of the molecule is CC(CO)(CO)CNc1ccc(F)c(Cl)c1. The van der Waals surface area contributed by atoms with Crippen LogP contribution in [0.1, 0.15) is 6.92 Å². The van der Waals surface area contributed by atoms with E-state index in [9.17, 15) is 4.39 Å². The molecule has 0 atom stereocenters. The van der Waals surface area contributed by atoms with Crippen LogP contribution in [0.25, 0.3) is 0 Å². The first-order valence-electron chi connectivity index (χ1n) is 4.91. The average Bonchev–Trinajstić information content (AvgIpc) is 2.30. The minimum Gasteiger partial charge on any atom is -0.396 e. The van der Waals surface area contributed by atoms with Crippen molar-refractivity contribution in [1.82, 2.24) is 0 Å². The molecule has 1 aromatic rings. The summed E-state index contributed by atoms with van der Waals surface area (Å²) >= 11 is 5.62. The third kappa shape index (κ3) is 3.33. The Morgan fingerprint density at radius 2 is 2.00 bits per heavy atom. The van der Waals surface area contributed by atoms with Gasteiger partial charge in [0.15, 0.2) is 0 Å². The summed E-state index contributed by atoms with van der Waals surface area (Å²) in [7, 11) is 0. The second-order valence-corrected chi connectivity index (χ2v) is 4.52. The fraction of sp³-hybridized carbons (Fsp3) is 0.455. The van der Waals surface area contributed by atoms with Crippen LogP contribution >= 0.6 is 11.6 Å². The largest absolute Gasteiger partial charge is 0.396 e. The molecule has 3 N–H and O–H groups in total. The summed E-state index contributed by atoms with van der Waals surface area (Å²) in [6, 6.07) is 4.28. The van der Waals surface area contributed by atoms with E-state index in [1.807, 2.05) is 0 Å². The van der Waals surface area contributed by atoms with E-state index in [2.05, 4.69) is 5.32 Å². The number of benzene rings is 1. The van der Waals surface area contributed by atoms with E-state index in [1.165, 1.54) is 12.1 Å². The van der Waals surface area contributed by atoms with Crippen molar-refractivity contribution in [3.63, 3.8) is 0 Å². The summed E-state index contributed by atoms with van der Waals surface area (Å²) in [6.07, 6.45) is 0. The van der Waals surface area contributed by atoms with Crippen molar-refractivity contribution in [2.75, 3.05) is 25.1 Å². The molecule has 0 saturated carbocycles. The van der Waals surface area contributed by atoms with E-state index >= 15 is 0 Å². The minimum atomic E-state index is -0.610. The maximum absolute atomic E-state index is 12.9. The first kappa shape index (κ1) is 13.2. The lowest BCUT2D eigenvalue weighted by atomic mass is 9.93. The number of rotatable bonds is 5. The van der Waals surface area contributed by atoms with Gasteiger partial charge in [-0.1, -0.05) is 18.5 Å². The van der Waals surface area contributed by atoms with Crippen LogP contribution in [0, 0.1) is 11.2 Å². The predicted molar refractivity (Wildman–Crippen MR) is 62.2 cm³/mol. The number of anilines is 1.